The lowest BCUT2D eigenvalue weighted by molar-refractivity contribution is -0.135. The van der Waals surface area contributed by atoms with Gasteiger partial charge in [0.1, 0.15) is 5.75 Å². The summed E-state index contributed by atoms with van der Waals surface area (Å²) >= 11 is 0. The third-order valence-corrected chi connectivity index (χ3v) is 4.10. The molecule has 0 radical (unpaired) electrons. The van der Waals surface area contributed by atoms with Crippen LogP contribution in [0.25, 0.3) is 0 Å². The highest BCUT2D eigenvalue weighted by atomic mass is 16.5. The first-order valence-corrected chi connectivity index (χ1v) is 8.34. The lowest BCUT2D eigenvalue weighted by atomic mass is 10.0. The molecule has 22 heavy (non-hydrogen) atoms. The van der Waals surface area contributed by atoms with Gasteiger partial charge in [-0.15, -0.1) is 0 Å². The molecule has 122 valence electrons. The van der Waals surface area contributed by atoms with Crippen LogP contribution >= 0.6 is 0 Å². The Kier molecular flexibility index (Phi) is 6.25. The molecule has 0 atom stereocenters. The normalized spacial score (nSPS) is 16.1. The van der Waals surface area contributed by atoms with Gasteiger partial charge in [0.2, 0.25) is 5.91 Å². The van der Waals surface area contributed by atoms with Crippen LogP contribution in [0.4, 0.5) is 0 Å². The lowest BCUT2D eigenvalue weighted by Crippen LogP contribution is -2.45. The lowest BCUT2D eigenvalue weighted by Gasteiger charge is -2.33. The highest BCUT2D eigenvalue weighted by Crippen LogP contribution is 2.16. The molecular formula is C18H28N2O2. The molecule has 0 spiro atoms. The van der Waals surface area contributed by atoms with Gasteiger partial charge >= 0.3 is 0 Å². The summed E-state index contributed by atoms with van der Waals surface area (Å²) in [5, 5.41) is 3.60. The predicted octanol–water partition coefficient (Wildman–Crippen LogP) is 2.82. The number of rotatable bonds is 6. The van der Waals surface area contributed by atoms with E-state index in [2.05, 4.69) is 17.4 Å². The molecule has 0 saturated carbocycles. The zero-order valence-electron chi connectivity index (χ0n) is 14.0. The Morgan fingerprint density at radius 3 is 2.73 bits per heavy atom. The fraction of sp³-hybridized carbons (Fsp3) is 0.611. The second-order valence-corrected chi connectivity index (χ2v) is 6.22. The molecule has 1 aromatic rings. The molecule has 1 aliphatic rings. The Hall–Kier alpha value is -1.55. The third-order valence-electron chi connectivity index (χ3n) is 4.10. The van der Waals surface area contributed by atoms with Gasteiger partial charge in [-0.25, -0.2) is 0 Å². The molecule has 0 bridgehead atoms. The van der Waals surface area contributed by atoms with Crippen LogP contribution in [0.5, 0.6) is 5.75 Å². The number of piperidine rings is 1. The van der Waals surface area contributed by atoms with Crippen LogP contribution in [0.2, 0.25) is 0 Å². The first-order chi connectivity index (χ1) is 10.6. The molecule has 1 heterocycles. The largest absolute Gasteiger partial charge is 0.494 e. The molecule has 1 N–H and O–H groups in total. The molecular weight excluding hydrogens is 276 g/mol. The molecule has 1 aromatic carbocycles. The van der Waals surface area contributed by atoms with Gasteiger partial charge in [-0.2, -0.15) is 0 Å². The quantitative estimate of drug-likeness (QED) is 0.878. The standard InChI is InChI=1S/C18H28N2O2/c1-4-22-17-7-5-6-15(12-17)13-19-16-8-10-20(11-9-16)18(21)14(2)3/h5-7,12,14,16,19H,4,8-11,13H2,1-3H3. The summed E-state index contributed by atoms with van der Waals surface area (Å²) in [6.07, 6.45) is 2.06. The number of benzene rings is 1. The summed E-state index contributed by atoms with van der Waals surface area (Å²) in [6.45, 7) is 9.22. The zero-order chi connectivity index (χ0) is 15.9. The number of nitrogens with zero attached hydrogens (tertiary/aromatic N) is 1. The maximum atomic E-state index is 12.0. The molecule has 1 fully saturated rings. The highest BCUT2D eigenvalue weighted by molar-refractivity contribution is 5.78. The van der Waals surface area contributed by atoms with E-state index in [0.717, 1.165) is 38.2 Å². The first kappa shape index (κ1) is 16.8. The van der Waals surface area contributed by atoms with Crippen molar-refractivity contribution in [2.45, 2.75) is 46.2 Å². The summed E-state index contributed by atoms with van der Waals surface area (Å²) in [4.78, 5) is 14.0. The van der Waals surface area contributed by atoms with E-state index < -0.39 is 0 Å². The number of nitrogens with one attached hydrogen (secondary N) is 1. The van der Waals surface area contributed by atoms with Crippen molar-refractivity contribution in [1.82, 2.24) is 10.2 Å². The number of carbonyl (C=O) groups excluding carboxylic acids is 1. The maximum absolute atomic E-state index is 12.0. The van der Waals surface area contributed by atoms with Gasteiger partial charge in [-0.1, -0.05) is 26.0 Å². The van der Waals surface area contributed by atoms with Gasteiger partial charge in [0, 0.05) is 31.6 Å². The zero-order valence-corrected chi connectivity index (χ0v) is 14.0. The van der Waals surface area contributed by atoms with E-state index in [-0.39, 0.29) is 11.8 Å². The molecule has 1 saturated heterocycles. The molecule has 4 nitrogen and oxygen atoms in total. The second-order valence-electron chi connectivity index (χ2n) is 6.22. The van der Waals surface area contributed by atoms with Gasteiger partial charge < -0.3 is 15.0 Å². The molecule has 4 heteroatoms. The van der Waals surface area contributed by atoms with Crippen molar-refractivity contribution < 1.29 is 9.53 Å². The van der Waals surface area contributed by atoms with Crippen molar-refractivity contribution in [2.24, 2.45) is 5.92 Å². The first-order valence-electron chi connectivity index (χ1n) is 8.34. The van der Waals surface area contributed by atoms with E-state index in [1.807, 2.05) is 37.8 Å². The van der Waals surface area contributed by atoms with Crippen LogP contribution in [0, 0.1) is 5.92 Å². The van der Waals surface area contributed by atoms with Crippen molar-refractivity contribution in [1.29, 1.82) is 0 Å². The number of carbonyl (C=O) groups is 1. The smallest absolute Gasteiger partial charge is 0.225 e. The minimum absolute atomic E-state index is 0.103. The minimum Gasteiger partial charge on any atom is -0.494 e. The molecule has 2 rings (SSSR count). The van der Waals surface area contributed by atoms with Gasteiger partial charge in [0.15, 0.2) is 0 Å². The van der Waals surface area contributed by atoms with Crippen LogP contribution in [0.3, 0.4) is 0 Å². The summed E-state index contributed by atoms with van der Waals surface area (Å²) in [5.41, 5.74) is 1.24. The van der Waals surface area contributed by atoms with E-state index in [0.29, 0.717) is 12.6 Å². The highest BCUT2D eigenvalue weighted by Gasteiger charge is 2.23. The third kappa shape index (κ3) is 4.73. The number of hydrogen-bond donors (Lipinski definition) is 1. The molecule has 0 aliphatic carbocycles. The van der Waals surface area contributed by atoms with Gasteiger partial charge in [0.25, 0.3) is 0 Å². The van der Waals surface area contributed by atoms with Crippen LogP contribution in [0.1, 0.15) is 39.2 Å². The Labute approximate surface area is 133 Å². The summed E-state index contributed by atoms with van der Waals surface area (Å²) in [6, 6.07) is 8.72. The van der Waals surface area contributed by atoms with Crippen molar-refractivity contribution in [3.8, 4) is 5.75 Å². The SMILES string of the molecule is CCOc1cccc(CNC2CCN(C(=O)C(C)C)CC2)c1. The van der Waals surface area contributed by atoms with Crippen LogP contribution in [-0.2, 0) is 11.3 Å². The number of likely N-dealkylation sites (tertiary alicyclic amines) is 1. The average molecular weight is 304 g/mol. The molecule has 1 amide bonds. The average Bonchev–Trinajstić information content (AvgIpc) is 2.53. The van der Waals surface area contributed by atoms with Crippen molar-refractivity contribution in [3.05, 3.63) is 29.8 Å². The summed E-state index contributed by atoms with van der Waals surface area (Å²) in [5.74, 6) is 1.31. The Balaban J connectivity index is 1.77. The number of ether oxygens (including phenoxy) is 1. The Bertz CT molecular complexity index is 480. The second kappa shape index (κ2) is 8.18. The Morgan fingerprint density at radius 1 is 1.36 bits per heavy atom. The minimum atomic E-state index is 0.103. The fourth-order valence-corrected chi connectivity index (χ4v) is 2.84. The predicted molar refractivity (Wildman–Crippen MR) is 88.9 cm³/mol. The number of hydrogen-bond acceptors (Lipinski definition) is 3. The topological polar surface area (TPSA) is 41.6 Å². The number of amides is 1. The van der Waals surface area contributed by atoms with E-state index in [4.69, 9.17) is 4.74 Å². The van der Waals surface area contributed by atoms with E-state index in [1.165, 1.54) is 5.56 Å². The van der Waals surface area contributed by atoms with Crippen LogP contribution in [-0.4, -0.2) is 36.5 Å². The van der Waals surface area contributed by atoms with E-state index in [9.17, 15) is 4.79 Å². The van der Waals surface area contributed by atoms with Crippen molar-refractivity contribution in [2.75, 3.05) is 19.7 Å². The molecule has 1 aliphatic heterocycles. The molecule has 0 aromatic heterocycles. The monoisotopic (exact) mass is 304 g/mol. The Morgan fingerprint density at radius 2 is 2.09 bits per heavy atom. The van der Waals surface area contributed by atoms with Crippen molar-refractivity contribution >= 4 is 5.91 Å². The van der Waals surface area contributed by atoms with Crippen LogP contribution < -0.4 is 10.1 Å². The fourth-order valence-electron chi connectivity index (χ4n) is 2.84. The van der Waals surface area contributed by atoms with E-state index >= 15 is 0 Å². The van der Waals surface area contributed by atoms with Gasteiger partial charge in [-0.05, 0) is 37.5 Å². The summed E-state index contributed by atoms with van der Waals surface area (Å²) < 4.78 is 5.53. The van der Waals surface area contributed by atoms with Gasteiger partial charge in [0.05, 0.1) is 6.61 Å². The van der Waals surface area contributed by atoms with Crippen LogP contribution in [0.15, 0.2) is 24.3 Å². The van der Waals surface area contributed by atoms with Crippen molar-refractivity contribution in [3.63, 3.8) is 0 Å². The maximum Gasteiger partial charge on any atom is 0.225 e. The van der Waals surface area contributed by atoms with E-state index in [1.54, 1.807) is 0 Å². The summed E-state index contributed by atoms with van der Waals surface area (Å²) in [7, 11) is 0. The van der Waals surface area contributed by atoms with Gasteiger partial charge in [-0.3, -0.25) is 4.79 Å². The molecule has 0 unspecified atom stereocenters.